The second kappa shape index (κ2) is 7.79. The third-order valence-corrected chi connectivity index (χ3v) is 5.04. The van der Waals surface area contributed by atoms with Crippen molar-refractivity contribution < 1.29 is 0 Å². The molecule has 3 heterocycles. The lowest BCUT2D eigenvalue weighted by molar-refractivity contribution is 0.206. The number of piperidine rings is 1. The van der Waals surface area contributed by atoms with E-state index >= 15 is 0 Å². The van der Waals surface area contributed by atoms with Crippen molar-refractivity contribution in [3.05, 3.63) is 23.5 Å². The van der Waals surface area contributed by atoms with Crippen LogP contribution in [0.15, 0.2) is 22.8 Å². The normalized spacial score (nSPS) is 17.7. The lowest BCUT2D eigenvalue weighted by Gasteiger charge is -2.32. The van der Waals surface area contributed by atoms with Gasteiger partial charge in [0.15, 0.2) is 10.9 Å². The highest BCUT2D eigenvalue weighted by molar-refractivity contribution is 7.15. The minimum Gasteiger partial charge on any atom is -0.354 e. The van der Waals surface area contributed by atoms with E-state index in [2.05, 4.69) is 43.0 Å². The van der Waals surface area contributed by atoms with Gasteiger partial charge in [-0.2, -0.15) is 0 Å². The van der Waals surface area contributed by atoms with Crippen LogP contribution in [0.3, 0.4) is 0 Å². The van der Waals surface area contributed by atoms with E-state index < -0.39 is 0 Å². The van der Waals surface area contributed by atoms with Crippen molar-refractivity contribution in [2.24, 2.45) is 4.99 Å². The highest BCUT2D eigenvalue weighted by Gasteiger charge is 2.19. The smallest absolute Gasteiger partial charge is 0.193 e. The molecule has 126 valence electrons. The van der Waals surface area contributed by atoms with Gasteiger partial charge < -0.3 is 15.5 Å². The third-order valence-electron chi connectivity index (χ3n) is 4.27. The number of hydrogen-bond acceptors (Lipinski definition) is 4. The zero-order valence-electron chi connectivity index (χ0n) is 14.0. The fourth-order valence-electron chi connectivity index (χ4n) is 3.04. The van der Waals surface area contributed by atoms with E-state index in [-0.39, 0.29) is 0 Å². The maximum atomic E-state index is 4.59. The third kappa shape index (κ3) is 4.23. The standard InChI is InChI=1S/C16H26N6S/c1-3-6-21-7-4-13(5-8-21)19-15(17-2)18-11-14-12-22-9-10-23-16(22)20-14/h9-10,12-13H,3-8,11H2,1-2H3,(H2,17,18,19). The van der Waals surface area contributed by atoms with Crippen LogP contribution in [0.4, 0.5) is 0 Å². The molecule has 0 amide bonds. The average molecular weight is 334 g/mol. The Balaban J connectivity index is 1.46. The van der Waals surface area contributed by atoms with Gasteiger partial charge in [0.1, 0.15) is 0 Å². The molecule has 0 aliphatic carbocycles. The summed E-state index contributed by atoms with van der Waals surface area (Å²) in [5, 5.41) is 8.97. The van der Waals surface area contributed by atoms with Crippen LogP contribution in [-0.4, -0.2) is 53.0 Å². The Hall–Kier alpha value is -1.60. The van der Waals surface area contributed by atoms with Gasteiger partial charge in [-0.25, -0.2) is 4.98 Å². The Morgan fingerprint density at radius 3 is 2.96 bits per heavy atom. The average Bonchev–Trinajstić information content (AvgIpc) is 3.14. The predicted molar refractivity (Wildman–Crippen MR) is 96.2 cm³/mol. The molecule has 1 fully saturated rings. The Bertz CT molecular complexity index is 609. The van der Waals surface area contributed by atoms with Gasteiger partial charge in [-0.15, -0.1) is 11.3 Å². The van der Waals surface area contributed by atoms with Crippen LogP contribution in [0.25, 0.3) is 4.96 Å². The molecule has 23 heavy (non-hydrogen) atoms. The van der Waals surface area contributed by atoms with Crippen molar-refractivity contribution in [2.75, 3.05) is 26.7 Å². The van der Waals surface area contributed by atoms with E-state index in [0.717, 1.165) is 16.6 Å². The van der Waals surface area contributed by atoms with Gasteiger partial charge in [0, 0.05) is 44.0 Å². The fraction of sp³-hybridized carbons (Fsp3) is 0.625. The van der Waals surface area contributed by atoms with E-state index in [1.54, 1.807) is 11.3 Å². The molecule has 2 N–H and O–H groups in total. The van der Waals surface area contributed by atoms with Gasteiger partial charge in [0.2, 0.25) is 0 Å². The summed E-state index contributed by atoms with van der Waals surface area (Å²) in [7, 11) is 1.83. The first-order chi connectivity index (χ1) is 11.3. The number of imidazole rings is 1. The van der Waals surface area contributed by atoms with Crippen molar-refractivity contribution in [3.63, 3.8) is 0 Å². The molecule has 2 aromatic heterocycles. The van der Waals surface area contributed by atoms with Crippen molar-refractivity contribution >= 4 is 22.3 Å². The minimum atomic E-state index is 0.514. The van der Waals surface area contributed by atoms with E-state index in [1.807, 2.05) is 18.6 Å². The molecule has 0 aromatic carbocycles. The first-order valence-corrected chi connectivity index (χ1v) is 9.27. The quantitative estimate of drug-likeness (QED) is 0.648. The summed E-state index contributed by atoms with van der Waals surface area (Å²) in [6.07, 6.45) is 7.70. The zero-order chi connectivity index (χ0) is 16.1. The van der Waals surface area contributed by atoms with Crippen LogP contribution in [0.1, 0.15) is 31.9 Å². The highest BCUT2D eigenvalue weighted by Crippen LogP contribution is 2.12. The van der Waals surface area contributed by atoms with E-state index in [4.69, 9.17) is 0 Å². The van der Waals surface area contributed by atoms with Gasteiger partial charge >= 0.3 is 0 Å². The molecule has 1 aliphatic rings. The topological polar surface area (TPSA) is 57.0 Å². The van der Waals surface area contributed by atoms with Crippen LogP contribution in [-0.2, 0) is 6.54 Å². The first kappa shape index (κ1) is 16.3. The predicted octanol–water partition coefficient (Wildman–Crippen LogP) is 1.94. The molecule has 2 aromatic rings. The fourth-order valence-corrected chi connectivity index (χ4v) is 3.76. The molecule has 0 atom stereocenters. The number of guanidine groups is 1. The summed E-state index contributed by atoms with van der Waals surface area (Å²) >= 11 is 1.65. The molecule has 0 radical (unpaired) electrons. The molecular weight excluding hydrogens is 308 g/mol. The van der Waals surface area contributed by atoms with Crippen LogP contribution in [0.5, 0.6) is 0 Å². The highest BCUT2D eigenvalue weighted by atomic mass is 32.1. The minimum absolute atomic E-state index is 0.514. The summed E-state index contributed by atoms with van der Waals surface area (Å²) in [6.45, 7) is 6.52. The number of fused-ring (bicyclic) bond motifs is 1. The van der Waals surface area contributed by atoms with Gasteiger partial charge in [0.05, 0.1) is 12.2 Å². The van der Waals surface area contributed by atoms with Crippen LogP contribution >= 0.6 is 11.3 Å². The summed E-state index contributed by atoms with van der Waals surface area (Å²) in [4.78, 5) is 12.5. The summed E-state index contributed by atoms with van der Waals surface area (Å²) in [5.41, 5.74) is 1.04. The van der Waals surface area contributed by atoms with Crippen LogP contribution < -0.4 is 10.6 Å². The van der Waals surface area contributed by atoms with Crippen LogP contribution in [0, 0.1) is 0 Å². The SMILES string of the molecule is CCCN1CCC(NC(=NC)NCc2cn3ccsc3n2)CC1. The second-order valence-corrected chi connectivity index (χ2v) is 6.88. The van der Waals surface area contributed by atoms with Gasteiger partial charge in [0.25, 0.3) is 0 Å². The van der Waals surface area contributed by atoms with Crippen molar-refractivity contribution in [3.8, 4) is 0 Å². The summed E-state index contributed by atoms with van der Waals surface area (Å²) in [5.74, 6) is 0.871. The number of rotatable bonds is 5. The monoisotopic (exact) mass is 334 g/mol. The number of nitrogens with one attached hydrogen (secondary N) is 2. The second-order valence-electron chi connectivity index (χ2n) is 6.01. The molecule has 0 bridgehead atoms. The number of hydrogen-bond donors (Lipinski definition) is 2. The maximum Gasteiger partial charge on any atom is 0.193 e. The summed E-state index contributed by atoms with van der Waals surface area (Å²) in [6, 6.07) is 0.514. The van der Waals surface area contributed by atoms with E-state index in [9.17, 15) is 0 Å². The van der Waals surface area contributed by atoms with Gasteiger partial charge in [-0.1, -0.05) is 6.92 Å². The zero-order valence-corrected chi connectivity index (χ0v) is 14.8. The Labute approximate surface area is 141 Å². The van der Waals surface area contributed by atoms with Gasteiger partial charge in [-0.05, 0) is 25.8 Å². The number of aliphatic imine (C=N–C) groups is 1. The largest absolute Gasteiger partial charge is 0.354 e. The maximum absolute atomic E-state index is 4.59. The van der Waals surface area contributed by atoms with E-state index in [1.165, 1.54) is 38.9 Å². The van der Waals surface area contributed by atoms with Crippen LogP contribution in [0.2, 0.25) is 0 Å². The Morgan fingerprint density at radius 1 is 1.43 bits per heavy atom. The molecule has 1 aliphatic heterocycles. The molecule has 7 heteroatoms. The number of thiazole rings is 1. The van der Waals surface area contributed by atoms with Crippen molar-refractivity contribution in [1.29, 1.82) is 0 Å². The molecule has 1 saturated heterocycles. The molecule has 3 rings (SSSR count). The lowest BCUT2D eigenvalue weighted by Crippen LogP contribution is -2.48. The van der Waals surface area contributed by atoms with Crippen molar-refractivity contribution in [1.82, 2.24) is 24.9 Å². The molecule has 0 saturated carbocycles. The van der Waals surface area contributed by atoms with Crippen molar-refractivity contribution in [2.45, 2.75) is 38.8 Å². The molecule has 0 unspecified atom stereocenters. The van der Waals surface area contributed by atoms with E-state index in [0.29, 0.717) is 12.6 Å². The number of nitrogens with zero attached hydrogens (tertiary/aromatic N) is 4. The molecule has 0 spiro atoms. The first-order valence-electron chi connectivity index (χ1n) is 8.39. The number of likely N-dealkylation sites (tertiary alicyclic amines) is 1. The van der Waals surface area contributed by atoms with Gasteiger partial charge in [-0.3, -0.25) is 9.39 Å². The molecule has 6 nitrogen and oxygen atoms in total. The molecular formula is C16H26N6S. The summed E-state index contributed by atoms with van der Waals surface area (Å²) < 4.78 is 2.06. The lowest BCUT2D eigenvalue weighted by atomic mass is 10.1. The number of aromatic nitrogens is 2. The Kier molecular flexibility index (Phi) is 5.51. The Morgan fingerprint density at radius 2 is 2.26 bits per heavy atom.